The van der Waals surface area contributed by atoms with Crippen molar-refractivity contribution in [2.24, 2.45) is 0 Å². The maximum absolute atomic E-state index is 12.6. The zero-order chi connectivity index (χ0) is 28.4. The minimum Gasteiger partial charge on any atom is -0.478 e. The van der Waals surface area contributed by atoms with Crippen molar-refractivity contribution in [1.29, 1.82) is 5.41 Å². The second kappa shape index (κ2) is 8.88. The molecule has 13 nitrogen and oxygen atoms in total. The molecular weight excluding hydrogens is 556 g/mol. The normalized spacial score (nSPS) is 13.7. The molecule has 6 N–H and O–H groups in total. The summed E-state index contributed by atoms with van der Waals surface area (Å²) in [5.41, 5.74) is -1.35. The lowest BCUT2D eigenvalue weighted by molar-refractivity contribution is 0.0696. The van der Waals surface area contributed by atoms with E-state index in [1.54, 1.807) is 0 Å². The molecule has 39 heavy (non-hydrogen) atoms. The lowest BCUT2D eigenvalue weighted by Gasteiger charge is -2.24. The van der Waals surface area contributed by atoms with Crippen molar-refractivity contribution in [2.45, 2.75) is 22.6 Å². The Kier molecular flexibility index (Phi) is 5.99. The smallest absolute Gasteiger partial charge is 0.336 e. The molecule has 0 saturated carbocycles. The van der Waals surface area contributed by atoms with Crippen LogP contribution in [0.25, 0.3) is 33.4 Å². The molecule has 0 amide bonds. The van der Waals surface area contributed by atoms with Gasteiger partial charge >= 0.3 is 11.9 Å². The molecule has 0 atom stereocenters. The number of rotatable bonds is 5. The Labute approximate surface area is 219 Å². The zero-order valence-electron chi connectivity index (χ0n) is 19.5. The van der Waals surface area contributed by atoms with Gasteiger partial charge in [-0.2, -0.15) is 16.8 Å². The predicted octanol–water partition coefficient (Wildman–Crippen LogP) is 2.93. The van der Waals surface area contributed by atoms with E-state index in [4.69, 9.17) is 9.83 Å². The molecule has 2 heterocycles. The fourth-order valence-electron chi connectivity index (χ4n) is 4.84. The standard InChI is InChI=1S/C24H18N2O11S2/c25-16-6-5-13-17(12-4-3-11(23(27)28)9-14(12)24(29)30)15-8-10-2-1-7-26-18(10)22(39(34,35)36)20(15)37-19(13)21(16)38(31,32)33/h3-6,8-9,25-26H,1-2,7H2,(H,27,28)(H,29,30)(H,31,32,33)(H,34,35,36). The van der Waals surface area contributed by atoms with Gasteiger partial charge in [-0.15, -0.1) is 0 Å². The van der Waals surface area contributed by atoms with E-state index >= 15 is 0 Å². The first-order valence-corrected chi connectivity index (χ1v) is 14.0. The maximum Gasteiger partial charge on any atom is 0.336 e. The van der Waals surface area contributed by atoms with E-state index < -0.39 is 64.2 Å². The van der Waals surface area contributed by atoms with Crippen molar-refractivity contribution in [3.63, 3.8) is 0 Å². The highest BCUT2D eigenvalue weighted by Gasteiger charge is 2.33. The lowest BCUT2D eigenvalue weighted by atomic mass is 9.88. The molecule has 0 spiro atoms. The lowest BCUT2D eigenvalue weighted by Crippen LogP contribution is -2.18. The van der Waals surface area contributed by atoms with Gasteiger partial charge in [0.1, 0.15) is 0 Å². The van der Waals surface area contributed by atoms with Crippen molar-refractivity contribution in [3.05, 3.63) is 58.4 Å². The van der Waals surface area contributed by atoms with Crippen LogP contribution in [0.4, 0.5) is 5.69 Å². The van der Waals surface area contributed by atoms with Gasteiger partial charge in [0.05, 0.1) is 22.2 Å². The molecule has 5 rings (SSSR count). The van der Waals surface area contributed by atoms with Gasteiger partial charge in [0.15, 0.2) is 21.1 Å². The van der Waals surface area contributed by atoms with E-state index in [0.717, 1.165) is 24.3 Å². The summed E-state index contributed by atoms with van der Waals surface area (Å²) >= 11 is 0. The van der Waals surface area contributed by atoms with Gasteiger partial charge in [-0.3, -0.25) is 14.5 Å². The monoisotopic (exact) mass is 574 g/mol. The maximum atomic E-state index is 12.6. The first-order valence-electron chi connectivity index (χ1n) is 11.1. The molecule has 2 aromatic carbocycles. The van der Waals surface area contributed by atoms with Gasteiger partial charge < -0.3 is 19.9 Å². The number of aryl methyl sites for hydroxylation is 1. The highest BCUT2D eigenvalue weighted by molar-refractivity contribution is 7.86. The molecule has 0 radical (unpaired) electrons. The molecule has 202 valence electrons. The average molecular weight is 575 g/mol. The van der Waals surface area contributed by atoms with Gasteiger partial charge in [0, 0.05) is 23.1 Å². The first-order chi connectivity index (χ1) is 18.2. The van der Waals surface area contributed by atoms with Gasteiger partial charge in [-0.1, -0.05) is 6.07 Å². The Morgan fingerprint density at radius 2 is 1.56 bits per heavy atom. The third-order valence-electron chi connectivity index (χ3n) is 6.38. The minimum absolute atomic E-state index is 0.000386. The summed E-state index contributed by atoms with van der Waals surface area (Å²) in [5, 5.41) is 29.5. The molecule has 0 bridgehead atoms. The van der Waals surface area contributed by atoms with Crippen molar-refractivity contribution < 1.29 is 50.2 Å². The fraction of sp³-hybridized carbons (Fsp3) is 0.125. The van der Waals surface area contributed by atoms with Gasteiger partial charge in [-0.25, -0.2) is 9.59 Å². The third kappa shape index (κ3) is 4.30. The van der Waals surface area contributed by atoms with Crippen molar-refractivity contribution >= 4 is 48.8 Å². The predicted molar refractivity (Wildman–Crippen MR) is 134 cm³/mol. The number of hydrogen-bond donors (Lipinski definition) is 6. The average Bonchev–Trinajstić information content (AvgIpc) is 2.83. The van der Waals surface area contributed by atoms with E-state index in [0.29, 0.717) is 24.9 Å². The second-order valence-electron chi connectivity index (χ2n) is 8.76. The quantitative estimate of drug-likeness (QED) is 0.149. The van der Waals surface area contributed by atoms with Crippen LogP contribution >= 0.6 is 0 Å². The Bertz CT molecular complexity index is 1990. The van der Waals surface area contributed by atoms with Crippen LogP contribution in [0.5, 0.6) is 0 Å². The molecule has 2 aliphatic heterocycles. The number of nitrogens with one attached hydrogen (secondary N) is 2. The Balaban J connectivity index is 2.12. The van der Waals surface area contributed by atoms with E-state index in [1.165, 1.54) is 12.1 Å². The summed E-state index contributed by atoms with van der Waals surface area (Å²) in [6, 6.07) is 6.90. The molecule has 0 saturated heterocycles. The van der Waals surface area contributed by atoms with Crippen LogP contribution < -0.4 is 10.7 Å². The van der Waals surface area contributed by atoms with Crippen molar-refractivity contribution in [3.8, 4) is 22.5 Å². The Morgan fingerprint density at radius 3 is 2.18 bits per heavy atom. The summed E-state index contributed by atoms with van der Waals surface area (Å²) in [4.78, 5) is 22.0. The number of carboxylic acids is 2. The second-order valence-corrected chi connectivity index (χ2v) is 11.5. The number of anilines is 1. The van der Waals surface area contributed by atoms with Gasteiger partial charge in [0.25, 0.3) is 20.2 Å². The third-order valence-corrected chi connectivity index (χ3v) is 8.21. The number of hydrogen-bond acceptors (Lipinski definition) is 9. The topological polar surface area (TPSA) is 232 Å². The summed E-state index contributed by atoms with van der Waals surface area (Å²) in [6.45, 7) is 0.342. The summed E-state index contributed by atoms with van der Waals surface area (Å²) < 4.78 is 75.7. The van der Waals surface area contributed by atoms with Crippen LogP contribution in [0.2, 0.25) is 0 Å². The van der Waals surface area contributed by atoms with Gasteiger partial charge in [-0.05, 0) is 54.3 Å². The summed E-state index contributed by atoms with van der Waals surface area (Å²) in [6.07, 6.45) is 0.955. The largest absolute Gasteiger partial charge is 0.478 e. The van der Waals surface area contributed by atoms with Crippen LogP contribution in [0, 0.1) is 5.41 Å². The molecule has 1 aliphatic carbocycles. The summed E-state index contributed by atoms with van der Waals surface area (Å²) in [5.74, 6) is -3.63. The SMILES string of the molecule is N=c1ccc2c(-c3ccc(C(=O)O)cc3C(=O)O)c3cc4c(c(S(=O)(=O)O)c3oc-2c1S(=O)(=O)O)NCCC4. The highest BCUT2D eigenvalue weighted by Crippen LogP contribution is 2.47. The molecule has 15 heteroatoms. The molecule has 3 aliphatic rings. The number of aromatic carboxylic acids is 2. The van der Waals surface area contributed by atoms with Crippen LogP contribution in [-0.2, 0) is 26.7 Å². The molecule has 2 aromatic rings. The first kappa shape index (κ1) is 26.3. The van der Waals surface area contributed by atoms with Gasteiger partial charge in [0.2, 0.25) is 0 Å². The van der Waals surface area contributed by atoms with E-state index in [2.05, 4.69) is 5.32 Å². The molecule has 0 aromatic heterocycles. The van der Waals surface area contributed by atoms with E-state index in [9.17, 15) is 45.7 Å². The van der Waals surface area contributed by atoms with Crippen LogP contribution in [0.15, 0.2) is 50.6 Å². The van der Waals surface area contributed by atoms with Crippen molar-refractivity contribution in [2.75, 3.05) is 11.9 Å². The van der Waals surface area contributed by atoms with E-state index in [-0.39, 0.29) is 33.3 Å². The van der Waals surface area contributed by atoms with Crippen LogP contribution in [0.1, 0.15) is 32.7 Å². The number of carbonyl (C=O) groups is 2. The van der Waals surface area contributed by atoms with Crippen molar-refractivity contribution in [1.82, 2.24) is 0 Å². The molecular formula is C24H18N2O11S2. The molecule has 0 unspecified atom stereocenters. The minimum atomic E-state index is -5.14. The van der Waals surface area contributed by atoms with Crippen LogP contribution in [-0.4, -0.2) is 54.6 Å². The highest BCUT2D eigenvalue weighted by atomic mass is 32.2. The Morgan fingerprint density at radius 1 is 0.897 bits per heavy atom. The zero-order valence-corrected chi connectivity index (χ0v) is 21.2. The summed E-state index contributed by atoms with van der Waals surface area (Å²) in [7, 11) is -10.2. The number of fused-ring (bicyclic) bond motifs is 3. The van der Waals surface area contributed by atoms with E-state index in [1.807, 2.05) is 0 Å². The number of benzene rings is 3. The molecule has 0 fully saturated rings. The fourth-order valence-corrected chi connectivity index (χ4v) is 6.42. The Hall–Kier alpha value is -4.31. The number of carboxylic acid groups (broad SMARTS) is 2. The van der Waals surface area contributed by atoms with Crippen LogP contribution in [0.3, 0.4) is 0 Å².